The molecule has 140 valence electrons. The van der Waals surface area contributed by atoms with Crippen molar-refractivity contribution in [3.63, 3.8) is 0 Å². The molecule has 6 heteroatoms. The molecule has 2 heterocycles. The standard InChI is InChI=1S/C21H24N4O2/c1-4-17-7-5-6-8-19(17)27-14-12-23-21(26)18-10-9-15(2)24-20(18)25-13-11-22-16(25)3/h5-11,13H,4,12,14H2,1-3H3,(H,23,26). The van der Waals surface area contributed by atoms with Gasteiger partial charge in [-0.1, -0.05) is 25.1 Å². The zero-order valence-electron chi connectivity index (χ0n) is 15.9. The SMILES string of the molecule is CCc1ccccc1OCCNC(=O)c1ccc(C)nc1-n1ccnc1C. The monoisotopic (exact) mass is 364 g/mol. The molecule has 0 aliphatic rings. The maximum Gasteiger partial charge on any atom is 0.255 e. The molecule has 2 aromatic heterocycles. The zero-order valence-corrected chi connectivity index (χ0v) is 15.9. The number of hydrogen-bond donors (Lipinski definition) is 1. The van der Waals surface area contributed by atoms with Crippen molar-refractivity contribution in [1.82, 2.24) is 19.9 Å². The van der Waals surface area contributed by atoms with Crippen LogP contribution in [0.5, 0.6) is 5.75 Å². The molecule has 0 unspecified atom stereocenters. The molecule has 27 heavy (non-hydrogen) atoms. The maximum atomic E-state index is 12.7. The Bertz CT molecular complexity index is 933. The van der Waals surface area contributed by atoms with E-state index in [0.717, 1.165) is 29.3 Å². The van der Waals surface area contributed by atoms with Gasteiger partial charge in [-0.05, 0) is 44.0 Å². The third kappa shape index (κ3) is 4.34. The van der Waals surface area contributed by atoms with Crippen molar-refractivity contribution < 1.29 is 9.53 Å². The molecule has 0 radical (unpaired) electrons. The van der Waals surface area contributed by atoms with Crippen molar-refractivity contribution in [3.8, 4) is 11.6 Å². The summed E-state index contributed by atoms with van der Waals surface area (Å²) in [6.07, 6.45) is 4.41. The molecule has 0 aliphatic carbocycles. The van der Waals surface area contributed by atoms with Crippen LogP contribution in [-0.2, 0) is 6.42 Å². The predicted octanol–water partition coefficient (Wildman–Crippen LogP) is 3.26. The highest BCUT2D eigenvalue weighted by atomic mass is 16.5. The topological polar surface area (TPSA) is 69.0 Å². The number of carbonyl (C=O) groups excluding carboxylic acids is 1. The van der Waals surface area contributed by atoms with Crippen molar-refractivity contribution in [3.05, 3.63) is 71.4 Å². The van der Waals surface area contributed by atoms with E-state index in [9.17, 15) is 4.79 Å². The van der Waals surface area contributed by atoms with Crippen LogP contribution in [0.1, 0.15) is 34.4 Å². The molecule has 6 nitrogen and oxygen atoms in total. The second-order valence-corrected chi connectivity index (χ2v) is 6.23. The zero-order chi connectivity index (χ0) is 19.2. The van der Waals surface area contributed by atoms with Crippen LogP contribution in [0.2, 0.25) is 0 Å². The summed E-state index contributed by atoms with van der Waals surface area (Å²) in [4.78, 5) is 21.4. The van der Waals surface area contributed by atoms with E-state index in [1.807, 2.05) is 48.7 Å². The highest BCUT2D eigenvalue weighted by Gasteiger charge is 2.15. The van der Waals surface area contributed by atoms with Gasteiger partial charge in [-0.3, -0.25) is 9.36 Å². The molecule has 0 atom stereocenters. The van der Waals surface area contributed by atoms with Gasteiger partial charge in [-0.2, -0.15) is 0 Å². The summed E-state index contributed by atoms with van der Waals surface area (Å²) in [5.74, 6) is 2.04. The highest BCUT2D eigenvalue weighted by molar-refractivity contribution is 5.97. The number of carbonyl (C=O) groups is 1. The van der Waals surface area contributed by atoms with Gasteiger partial charge in [-0.15, -0.1) is 0 Å². The minimum absolute atomic E-state index is 0.182. The number of amides is 1. The molecule has 0 spiro atoms. The predicted molar refractivity (Wildman–Crippen MR) is 104 cm³/mol. The van der Waals surface area contributed by atoms with Gasteiger partial charge in [0.25, 0.3) is 5.91 Å². The van der Waals surface area contributed by atoms with Crippen molar-refractivity contribution in [2.75, 3.05) is 13.2 Å². The van der Waals surface area contributed by atoms with Crippen molar-refractivity contribution in [1.29, 1.82) is 0 Å². The second kappa shape index (κ2) is 8.49. The summed E-state index contributed by atoms with van der Waals surface area (Å²) in [5.41, 5.74) is 2.51. The van der Waals surface area contributed by atoms with Crippen LogP contribution >= 0.6 is 0 Å². The van der Waals surface area contributed by atoms with Crippen LogP contribution in [0, 0.1) is 13.8 Å². The van der Waals surface area contributed by atoms with E-state index < -0.39 is 0 Å². The van der Waals surface area contributed by atoms with Gasteiger partial charge < -0.3 is 10.1 Å². The fourth-order valence-electron chi connectivity index (χ4n) is 2.86. The molecular weight excluding hydrogens is 340 g/mol. The fourth-order valence-corrected chi connectivity index (χ4v) is 2.86. The number of benzene rings is 1. The summed E-state index contributed by atoms with van der Waals surface area (Å²) < 4.78 is 7.62. The third-order valence-corrected chi connectivity index (χ3v) is 4.31. The maximum absolute atomic E-state index is 12.7. The molecule has 0 aliphatic heterocycles. The number of nitrogens with zero attached hydrogens (tertiary/aromatic N) is 3. The van der Waals surface area contributed by atoms with Crippen molar-refractivity contribution >= 4 is 5.91 Å². The minimum Gasteiger partial charge on any atom is -0.491 e. The molecule has 0 saturated heterocycles. The Labute approximate surface area is 159 Å². The van der Waals surface area contributed by atoms with Crippen LogP contribution in [-0.4, -0.2) is 33.6 Å². The molecule has 0 fully saturated rings. The Morgan fingerprint density at radius 1 is 1.19 bits per heavy atom. The third-order valence-electron chi connectivity index (χ3n) is 4.31. The van der Waals surface area contributed by atoms with Gasteiger partial charge >= 0.3 is 0 Å². The summed E-state index contributed by atoms with van der Waals surface area (Å²) in [6, 6.07) is 11.6. The number of pyridine rings is 1. The van der Waals surface area contributed by atoms with Gasteiger partial charge in [0.05, 0.1) is 12.1 Å². The number of imidazole rings is 1. The largest absolute Gasteiger partial charge is 0.491 e. The first-order valence-electron chi connectivity index (χ1n) is 9.07. The molecule has 3 rings (SSSR count). The smallest absolute Gasteiger partial charge is 0.255 e. The molecular formula is C21H24N4O2. The second-order valence-electron chi connectivity index (χ2n) is 6.23. The first-order chi connectivity index (χ1) is 13.1. The Balaban J connectivity index is 1.66. The summed E-state index contributed by atoms with van der Waals surface area (Å²) in [5, 5.41) is 2.91. The lowest BCUT2D eigenvalue weighted by atomic mass is 10.1. The van der Waals surface area contributed by atoms with E-state index in [1.165, 1.54) is 0 Å². The lowest BCUT2D eigenvalue weighted by Crippen LogP contribution is -2.29. The Hall–Kier alpha value is -3.15. The lowest BCUT2D eigenvalue weighted by molar-refractivity contribution is 0.0946. The Kier molecular flexibility index (Phi) is 5.86. The summed E-state index contributed by atoms with van der Waals surface area (Å²) in [6.45, 7) is 6.68. The van der Waals surface area contributed by atoms with Crippen LogP contribution in [0.15, 0.2) is 48.8 Å². The Morgan fingerprint density at radius 3 is 2.74 bits per heavy atom. The number of aryl methyl sites for hydroxylation is 3. The number of hydrogen-bond acceptors (Lipinski definition) is 4. The van der Waals surface area contributed by atoms with E-state index in [-0.39, 0.29) is 5.91 Å². The highest BCUT2D eigenvalue weighted by Crippen LogP contribution is 2.18. The van der Waals surface area contributed by atoms with Crippen LogP contribution in [0.25, 0.3) is 5.82 Å². The number of nitrogens with one attached hydrogen (secondary N) is 1. The van der Waals surface area contributed by atoms with E-state index in [1.54, 1.807) is 18.5 Å². The van der Waals surface area contributed by atoms with Crippen LogP contribution < -0.4 is 10.1 Å². The van der Waals surface area contributed by atoms with Gasteiger partial charge in [0, 0.05) is 18.1 Å². The van der Waals surface area contributed by atoms with Crippen LogP contribution in [0.4, 0.5) is 0 Å². The molecule has 1 aromatic carbocycles. The number of ether oxygens (including phenoxy) is 1. The van der Waals surface area contributed by atoms with Crippen molar-refractivity contribution in [2.45, 2.75) is 27.2 Å². The van der Waals surface area contributed by atoms with E-state index >= 15 is 0 Å². The number of para-hydroxylation sites is 1. The van der Waals surface area contributed by atoms with E-state index in [2.05, 4.69) is 22.2 Å². The Morgan fingerprint density at radius 2 is 2.00 bits per heavy atom. The molecule has 1 N–H and O–H groups in total. The van der Waals surface area contributed by atoms with Crippen molar-refractivity contribution in [2.24, 2.45) is 0 Å². The van der Waals surface area contributed by atoms with Crippen LogP contribution in [0.3, 0.4) is 0 Å². The lowest BCUT2D eigenvalue weighted by Gasteiger charge is -2.13. The average molecular weight is 364 g/mol. The molecule has 1 amide bonds. The van der Waals surface area contributed by atoms with Gasteiger partial charge in [0.1, 0.15) is 18.2 Å². The molecule has 0 bridgehead atoms. The van der Waals surface area contributed by atoms with Gasteiger partial charge in [-0.25, -0.2) is 9.97 Å². The van der Waals surface area contributed by atoms with Gasteiger partial charge in [0.2, 0.25) is 0 Å². The molecule has 0 saturated carbocycles. The van der Waals surface area contributed by atoms with E-state index in [0.29, 0.717) is 24.5 Å². The summed E-state index contributed by atoms with van der Waals surface area (Å²) in [7, 11) is 0. The first kappa shape index (κ1) is 18.6. The average Bonchev–Trinajstić information content (AvgIpc) is 3.11. The quantitative estimate of drug-likeness (QED) is 0.654. The first-order valence-corrected chi connectivity index (χ1v) is 9.07. The normalized spacial score (nSPS) is 10.6. The fraction of sp³-hybridized carbons (Fsp3) is 0.286. The van der Waals surface area contributed by atoms with E-state index in [4.69, 9.17) is 4.74 Å². The number of rotatable bonds is 7. The summed E-state index contributed by atoms with van der Waals surface area (Å²) >= 11 is 0. The molecule has 3 aromatic rings. The minimum atomic E-state index is -0.182. The number of aromatic nitrogens is 3. The van der Waals surface area contributed by atoms with Gasteiger partial charge in [0.15, 0.2) is 5.82 Å².